The van der Waals surface area contributed by atoms with Gasteiger partial charge in [0.15, 0.2) is 5.75 Å². The van der Waals surface area contributed by atoms with Crippen molar-refractivity contribution in [2.75, 3.05) is 0 Å². The Morgan fingerprint density at radius 3 is 2.45 bits per heavy atom. The van der Waals surface area contributed by atoms with Gasteiger partial charge in [-0.25, -0.2) is 4.79 Å². The van der Waals surface area contributed by atoms with Crippen molar-refractivity contribution in [1.82, 2.24) is 0 Å². The number of nitro groups is 1. The maximum absolute atomic E-state index is 10.9. The van der Waals surface area contributed by atoms with Gasteiger partial charge in [0.1, 0.15) is 6.61 Å². The first-order valence-corrected chi connectivity index (χ1v) is 7.14. The summed E-state index contributed by atoms with van der Waals surface area (Å²) in [6.45, 7) is 0.142. The number of aromatic carboxylic acids is 1. The number of hydrogen-bond acceptors (Lipinski definition) is 4. The molecule has 0 aliphatic carbocycles. The minimum atomic E-state index is -1.09. The Morgan fingerprint density at radius 1 is 1.32 bits per heavy atom. The fourth-order valence-corrected chi connectivity index (χ4v) is 2.65. The second kappa shape index (κ2) is 6.76. The molecule has 0 bridgehead atoms. The fraction of sp³-hybridized carbons (Fsp3) is 0.0714. The van der Waals surface area contributed by atoms with Crippen molar-refractivity contribution < 1.29 is 19.6 Å². The lowest BCUT2D eigenvalue weighted by atomic mass is 10.2. The van der Waals surface area contributed by atoms with Crippen LogP contribution in [0.5, 0.6) is 5.75 Å². The van der Waals surface area contributed by atoms with Gasteiger partial charge in [-0.3, -0.25) is 10.1 Å². The highest BCUT2D eigenvalue weighted by atomic mass is 79.9. The molecule has 0 atom stereocenters. The van der Waals surface area contributed by atoms with Crippen LogP contribution in [0.2, 0.25) is 5.02 Å². The number of ether oxygens (including phenoxy) is 1. The van der Waals surface area contributed by atoms with E-state index in [2.05, 4.69) is 15.9 Å². The third kappa shape index (κ3) is 3.75. The average Bonchev–Trinajstić information content (AvgIpc) is 2.46. The van der Waals surface area contributed by atoms with Crippen LogP contribution in [-0.4, -0.2) is 16.0 Å². The third-order valence-electron chi connectivity index (χ3n) is 2.78. The Hall–Kier alpha value is -2.12. The van der Waals surface area contributed by atoms with E-state index in [1.807, 2.05) is 0 Å². The molecule has 0 aromatic heterocycles. The Bertz CT molecular complexity index is 710. The summed E-state index contributed by atoms with van der Waals surface area (Å²) in [4.78, 5) is 21.0. The van der Waals surface area contributed by atoms with Gasteiger partial charge in [0.05, 0.1) is 20.0 Å². The first kappa shape index (κ1) is 16.3. The van der Waals surface area contributed by atoms with Crippen LogP contribution in [0, 0.1) is 10.1 Å². The maximum Gasteiger partial charge on any atom is 0.335 e. The molecule has 2 rings (SSSR count). The summed E-state index contributed by atoms with van der Waals surface area (Å²) >= 11 is 9.21. The van der Waals surface area contributed by atoms with Crippen LogP contribution in [0.4, 0.5) is 5.69 Å². The molecule has 0 saturated heterocycles. The van der Waals surface area contributed by atoms with Gasteiger partial charge in [-0.05, 0) is 45.8 Å². The molecule has 114 valence electrons. The molecule has 0 aliphatic rings. The molecular formula is C14H9BrClNO5. The van der Waals surface area contributed by atoms with Crippen LogP contribution in [0.25, 0.3) is 0 Å². The number of carboxylic acids is 1. The molecule has 8 heteroatoms. The van der Waals surface area contributed by atoms with Crippen LogP contribution in [0.1, 0.15) is 15.9 Å². The molecule has 0 unspecified atom stereocenters. The highest BCUT2D eigenvalue weighted by Crippen LogP contribution is 2.35. The Balaban J connectivity index is 2.14. The number of non-ortho nitro benzene ring substituents is 1. The van der Waals surface area contributed by atoms with Gasteiger partial charge in [0.25, 0.3) is 5.69 Å². The van der Waals surface area contributed by atoms with Crippen molar-refractivity contribution in [1.29, 1.82) is 0 Å². The SMILES string of the molecule is O=C(O)c1cc(Cl)c(OCc2ccc([N+](=O)[O-])cc2)c(Br)c1. The summed E-state index contributed by atoms with van der Waals surface area (Å²) in [6, 6.07) is 8.59. The lowest BCUT2D eigenvalue weighted by Gasteiger charge is -2.11. The summed E-state index contributed by atoms with van der Waals surface area (Å²) in [6.07, 6.45) is 0. The van der Waals surface area contributed by atoms with Gasteiger partial charge in [-0.2, -0.15) is 0 Å². The highest BCUT2D eigenvalue weighted by Gasteiger charge is 2.13. The minimum Gasteiger partial charge on any atom is -0.486 e. The van der Waals surface area contributed by atoms with Gasteiger partial charge < -0.3 is 9.84 Å². The van der Waals surface area contributed by atoms with Crippen molar-refractivity contribution in [3.05, 3.63) is 67.1 Å². The Morgan fingerprint density at radius 2 is 1.95 bits per heavy atom. The molecule has 0 heterocycles. The van der Waals surface area contributed by atoms with Gasteiger partial charge in [0, 0.05) is 12.1 Å². The molecule has 0 amide bonds. The van der Waals surface area contributed by atoms with Crippen LogP contribution >= 0.6 is 27.5 Å². The number of halogens is 2. The number of carboxylic acid groups (broad SMARTS) is 1. The zero-order valence-corrected chi connectivity index (χ0v) is 13.3. The quantitative estimate of drug-likeness (QED) is 0.611. The summed E-state index contributed by atoms with van der Waals surface area (Å²) in [5.41, 5.74) is 0.754. The predicted octanol–water partition coefficient (Wildman–Crippen LogP) is 4.29. The van der Waals surface area contributed by atoms with Gasteiger partial charge in [-0.1, -0.05) is 11.6 Å². The third-order valence-corrected chi connectivity index (χ3v) is 3.65. The van der Waals surface area contributed by atoms with Crippen molar-refractivity contribution >= 4 is 39.2 Å². The summed E-state index contributed by atoms with van der Waals surface area (Å²) in [7, 11) is 0. The topological polar surface area (TPSA) is 89.7 Å². The number of benzene rings is 2. The molecule has 6 nitrogen and oxygen atoms in total. The molecule has 2 aromatic carbocycles. The summed E-state index contributed by atoms with van der Waals surface area (Å²) in [5.74, 6) is -0.783. The van der Waals surface area contributed by atoms with E-state index in [-0.39, 0.29) is 22.9 Å². The number of hydrogen-bond donors (Lipinski definition) is 1. The van der Waals surface area contributed by atoms with E-state index >= 15 is 0 Å². The lowest BCUT2D eigenvalue weighted by molar-refractivity contribution is -0.384. The number of carbonyl (C=O) groups is 1. The van der Waals surface area contributed by atoms with Crippen LogP contribution in [0.3, 0.4) is 0 Å². The highest BCUT2D eigenvalue weighted by molar-refractivity contribution is 9.10. The summed E-state index contributed by atoms with van der Waals surface area (Å²) < 4.78 is 5.96. The molecule has 0 saturated carbocycles. The van der Waals surface area contributed by atoms with Crippen LogP contribution in [-0.2, 0) is 6.61 Å². The zero-order chi connectivity index (χ0) is 16.3. The van der Waals surface area contributed by atoms with E-state index in [1.54, 1.807) is 12.1 Å². The molecule has 0 radical (unpaired) electrons. The van der Waals surface area contributed by atoms with Gasteiger partial charge in [0.2, 0.25) is 0 Å². The normalized spacial score (nSPS) is 10.3. The van der Waals surface area contributed by atoms with Crippen LogP contribution < -0.4 is 4.74 Å². The van der Waals surface area contributed by atoms with E-state index in [4.69, 9.17) is 21.4 Å². The van der Waals surface area contributed by atoms with Crippen molar-refractivity contribution in [3.63, 3.8) is 0 Å². The Labute approximate surface area is 138 Å². The van der Waals surface area contributed by atoms with Gasteiger partial charge >= 0.3 is 5.97 Å². The Kier molecular flexibility index (Phi) is 4.99. The van der Waals surface area contributed by atoms with E-state index in [9.17, 15) is 14.9 Å². The number of rotatable bonds is 5. The second-order valence-electron chi connectivity index (χ2n) is 4.29. The van der Waals surface area contributed by atoms with Crippen molar-refractivity contribution in [3.8, 4) is 5.75 Å². The number of nitro benzene ring substituents is 1. The van der Waals surface area contributed by atoms with Crippen molar-refractivity contribution in [2.45, 2.75) is 6.61 Å². The van der Waals surface area contributed by atoms with E-state index in [0.29, 0.717) is 10.2 Å². The monoisotopic (exact) mass is 385 g/mol. The van der Waals surface area contributed by atoms with E-state index < -0.39 is 10.9 Å². The first-order valence-electron chi connectivity index (χ1n) is 5.97. The van der Waals surface area contributed by atoms with E-state index in [1.165, 1.54) is 24.3 Å². The molecule has 0 fully saturated rings. The zero-order valence-electron chi connectivity index (χ0n) is 11.0. The standard InChI is InChI=1S/C14H9BrClNO5/c15-11-5-9(14(18)19)6-12(16)13(11)22-7-8-1-3-10(4-2-8)17(20)21/h1-6H,7H2,(H,18,19). The first-order chi connectivity index (χ1) is 10.4. The molecule has 0 aliphatic heterocycles. The molecule has 0 spiro atoms. The predicted molar refractivity (Wildman–Crippen MR) is 83.5 cm³/mol. The number of nitrogens with zero attached hydrogens (tertiary/aromatic N) is 1. The average molecular weight is 387 g/mol. The van der Waals surface area contributed by atoms with Crippen LogP contribution in [0.15, 0.2) is 40.9 Å². The molecule has 22 heavy (non-hydrogen) atoms. The summed E-state index contributed by atoms with van der Waals surface area (Å²) in [5, 5.41) is 19.7. The molecule has 2 aromatic rings. The molecular weight excluding hydrogens is 378 g/mol. The second-order valence-corrected chi connectivity index (χ2v) is 5.55. The minimum absolute atomic E-state index is 0.00576. The lowest BCUT2D eigenvalue weighted by Crippen LogP contribution is -2.00. The van der Waals surface area contributed by atoms with Gasteiger partial charge in [-0.15, -0.1) is 0 Å². The van der Waals surface area contributed by atoms with E-state index in [0.717, 1.165) is 5.56 Å². The maximum atomic E-state index is 10.9. The smallest absolute Gasteiger partial charge is 0.335 e. The fourth-order valence-electron chi connectivity index (χ4n) is 1.69. The largest absolute Gasteiger partial charge is 0.486 e. The molecule has 1 N–H and O–H groups in total. The van der Waals surface area contributed by atoms with Crippen molar-refractivity contribution in [2.24, 2.45) is 0 Å².